The van der Waals surface area contributed by atoms with Crippen LogP contribution in [0.15, 0.2) is 114 Å². The highest BCUT2D eigenvalue weighted by Gasteiger charge is 2.08. The van der Waals surface area contributed by atoms with Gasteiger partial charge in [0, 0.05) is 12.0 Å². The Labute approximate surface area is 185 Å². The molecule has 0 heterocycles. The van der Waals surface area contributed by atoms with Gasteiger partial charge in [0.05, 0.1) is 0 Å². The number of hydrogen-bond donors (Lipinski definition) is 0. The van der Waals surface area contributed by atoms with E-state index in [0.29, 0.717) is 16.9 Å². The summed E-state index contributed by atoms with van der Waals surface area (Å²) < 4.78 is 11.7. The minimum absolute atomic E-state index is 0.0314. The third-order valence-electron chi connectivity index (χ3n) is 4.35. The van der Waals surface area contributed by atoms with Gasteiger partial charge >= 0.3 is 0 Å². The molecule has 0 aliphatic rings. The normalized spacial score (nSPS) is 13.1. The van der Waals surface area contributed by atoms with Crippen LogP contribution in [-0.4, -0.2) is 5.78 Å². The molecule has 0 fully saturated rings. The number of ketones is 1. The average Bonchev–Trinajstić information content (AvgIpc) is 2.80. The van der Waals surface area contributed by atoms with E-state index in [1.54, 1.807) is 30.3 Å². The maximum atomic E-state index is 12.8. The summed E-state index contributed by atoms with van der Waals surface area (Å²) in [5.74, 6) is 2.95. The van der Waals surface area contributed by atoms with E-state index in [9.17, 15) is 4.79 Å². The van der Waals surface area contributed by atoms with Gasteiger partial charge in [0.1, 0.15) is 23.0 Å². The van der Waals surface area contributed by atoms with Crippen LogP contribution in [0, 0.1) is 0 Å². The first-order valence-electron chi connectivity index (χ1n) is 10.5. The molecule has 0 spiro atoms. The summed E-state index contributed by atoms with van der Waals surface area (Å²) in [5, 5.41) is 0. The molecule has 2 aromatic carbocycles. The molecule has 0 atom stereocenters. The minimum atomic E-state index is -0.0314. The van der Waals surface area contributed by atoms with Crippen molar-refractivity contribution in [2.45, 2.75) is 34.1 Å². The lowest BCUT2D eigenvalue weighted by molar-refractivity contribution is 0.103. The number of allylic oxidation sites excluding steroid dienone is 9. The number of rotatable bonds is 10. The molecular weight excluding hydrogens is 384 g/mol. The smallest absolute Gasteiger partial charge is 0.188 e. The summed E-state index contributed by atoms with van der Waals surface area (Å²) in [6.07, 6.45) is 13.9. The van der Waals surface area contributed by atoms with Crippen molar-refractivity contribution >= 4 is 5.78 Å². The van der Waals surface area contributed by atoms with Crippen LogP contribution in [0.5, 0.6) is 11.5 Å². The van der Waals surface area contributed by atoms with Crippen LogP contribution in [0.4, 0.5) is 0 Å². The molecule has 160 valence electrons. The SMILES string of the molecule is C\C=C/C=C(\C=C/C)Oc1ccc(C(=O)/C(C)=C/C=C(\CC)Oc2ccccc2)cc1. The van der Waals surface area contributed by atoms with Crippen molar-refractivity contribution in [1.29, 1.82) is 0 Å². The van der Waals surface area contributed by atoms with Crippen molar-refractivity contribution in [2.75, 3.05) is 0 Å². The molecule has 2 rings (SSSR count). The Morgan fingerprint density at radius 2 is 1.52 bits per heavy atom. The van der Waals surface area contributed by atoms with Gasteiger partial charge in [0.25, 0.3) is 0 Å². The largest absolute Gasteiger partial charge is 0.462 e. The fraction of sp³-hybridized carbons (Fsp3) is 0.179. The van der Waals surface area contributed by atoms with Crippen LogP contribution in [0.2, 0.25) is 0 Å². The van der Waals surface area contributed by atoms with Crippen molar-refractivity contribution in [2.24, 2.45) is 0 Å². The van der Waals surface area contributed by atoms with Gasteiger partial charge in [-0.25, -0.2) is 0 Å². The molecule has 3 nitrogen and oxygen atoms in total. The monoisotopic (exact) mass is 414 g/mol. The highest BCUT2D eigenvalue weighted by atomic mass is 16.5. The second-order valence-electron chi connectivity index (χ2n) is 6.80. The lowest BCUT2D eigenvalue weighted by Gasteiger charge is -2.08. The molecule has 0 saturated carbocycles. The van der Waals surface area contributed by atoms with E-state index < -0.39 is 0 Å². The van der Waals surface area contributed by atoms with Gasteiger partial charge in [-0.05, 0) is 81.0 Å². The molecule has 0 bridgehead atoms. The standard InChI is InChI=1S/C28H30O3/c1-5-8-13-25(12-6-2)31-27-20-17-23(18-21-27)28(29)22(4)16-19-24(7-3)30-26-14-10-9-11-15-26/h5-6,8-21H,7H2,1-4H3/b8-5-,12-6-,22-16+,24-19+,25-13+. The first kappa shape index (κ1) is 23.7. The number of hydrogen-bond acceptors (Lipinski definition) is 3. The van der Waals surface area contributed by atoms with Crippen LogP contribution < -0.4 is 9.47 Å². The molecule has 2 aromatic rings. The number of benzene rings is 2. The Balaban J connectivity index is 2.09. The van der Waals surface area contributed by atoms with Gasteiger partial charge in [-0.2, -0.15) is 0 Å². The zero-order valence-corrected chi connectivity index (χ0v) is 18.7. The first-order chi connectivity index (χ1) is 15.1. The Morgan fingerprint density at radius 1 is 0.839 bits per heavy atom. The van der Waals surface area contributed by atoms with Crippen LogP contribution >= 0.6 is 0 Å². The second kappa shape index (κ2) is 12.9. The van der Waals surface area contributed by atoms with Crippen LogP contribution in [0.3, 0.4) is 0 Å². The summed E-state index contributed by atoms with van der Waals surface area (Å²) in [4.78, 5) is 12.8. The fourth-order valence-electron chi connectivity index (χ4n) is 2.67. The van der Waals surface area contributed by atoms with E-state index in [-0.39, 0.29) is 5.78 Å². The number of carbonyl (C=O) groups excluding carboxylic acids is 1. The molecule has 0 amide bonds. The quantitative estimate of drug-likeness (QED) is 0.174. The molecule has 0 saturated heterocycles. The molecule has 3 heteroatoms. The maximum absolute atomic E-state index is 12.8. The Morgan fingerprint density at radius 3 is 2.13 bits per heavy atom. The Hall–Kier alpha value is -3.59. The van der Waals surface area contributed by atoms with E-state index >= 15 is 0 Å². The first-order valence-corrected chi connectivity index (χ1v) is 10.5. The van der Waals surface area contributed by atoms with Crippen molar-refractivity contribution in [3.05, 3.63) is 120 Å². The maximum Gasteiger partial charge on any atom is 0.188 e. The Bertz CT molecular complexity index is 988. The third kappa shape index (κ3) is 7.98. The topological polar surface area (TPSA) is 35.5 Å². The van der Waals surface area contributed by atoms with Gasteiger partial charge in [0.15, 0.2) is 5.78 Å². The lowest BCUT2D eigenvalue weighted by Crippen LogP contribution is -2.01. The molecule has 0 aliphatic carbocycles. The molecular formula is C28H30O3. The molecule has 0 aromatic heterocycles. The lowest BCUT2D eigenvalue weighted by atomic mass is 10.0. The van der Waals surface area contributed by atoms with Crippen molar-refractivity contribution < 1.29 is 14.3 Å². The van der Waals surface area contributed by atoms with Crippen molar-refractivity contribution in [3.8, 4) is 11.5 Å². The zero-order chi connectivity index (χ0) is 22.5. The van der Waals surface area contributed by atoms with E-state index in [1.165, 1.54) is 0 Å². The van der Waals surface area contributed by atoms with Gasteiger partial charge in [-0.1, -0.05) is 49.4 Å². The van der Waals surface area contributed by atoms with Gasteiger partial charge in [-0.3, -0.25) is 4.79 Å². The molecule has 31 heavy (non-hydrogen) atoms. The van der Waals surface area contributed by atoms with Gasteiger partial charge in [0.2, 0.25) is 0 Å². The summed E-state index contributed by atoms with van der Waals surface area (Å²) >= 11 is 0. The van der Waals surface area contributed by atoms with Crippen LogP contribution in [0.25, 0.3) is 0 Å². The number of carbonyl (C=O) groups is 1. The van der Waals surface area contributed by atoms with Crippen molar-refractivity contribution in [3.63, 3.8) is 0 Å². The second-order valence-corrected chi connectivity index (χ2v) is 6.80. The van der Waals surface area contributed by atoms with E-state index in [2.05, 4.69) is 0 Å². The average molecular weight is 415 g/mol. The van der Waals surface area contributed by atoms with Gasteiger partial charge in [-0.15, -0.1) is 0 Å². The van der Waals surface area contributed by atoms with E-state index in [1.807, 2.05) is 94.5 Å². The Kier molecular flexibility index (Phi) is 9.83. The summed E-state index contributed by atoms with van der Waals surface area (Å²) in [6.45, 7) is 7.72. The fourth-order valence-corrected chi connectivity index (χ4v) is 2.67. The van der Waals surface area contributed by atoms with Crippen LogP contribution in [-0.2, 0) is 0 Å². The summed E-state index contributed by atoms with van der Waals surface area (Å²) in [5.41, 5.74) is 1.25. The zero-order valence-electron chi connectivity index (χ0n) is 18.7. The minimum Gasteiger partial charge on any atom is -0.462 e. The highest BCUT2D eigenvalue weighted by Crippen LogP contribution is 2.19. The van der Waals surface area contributed by atoms with E-state index in [4.69, 9.17) is 9.47 Å². The number of Topliss-reactive ketones (excluding diaryl/α,β-unsaturated/α-hetero) is 1. The predicted molar refractivity (Wildman–Crippen MR) is 128 cm³/mol. The molecule has 0 unspecified atom stereocenters. The molecule has 0 N–H and O–H groups in total. The number of ether oxygens (including phenoxy) is 2. The van der Waals surface area contributed by atoms with Crippen LogP contribution in [0.1, 0.15) is 44.5 Å². The van der Waals surface area contributed by atoms with Crippen molar-refractivity contribution in [1.82, 2.24) is 0 Å². The van der Waals surface area contributed by atoms with Gasteiger partial charge < -0.3 is 9.47 Å². The summed E-state index contributed by atoms with van der Waals surface area (Å²) in [6, 6.07) is 16.8. The third-order valence-corrected chi connectivity index (χ3v) is 4.35. The number of para-hydroxylation sites is 1. The predicted octanol–water partition coefficient (Wildman–Crippen LogP) is 7.60. The highest BCUT2D eigenvalue weighted by molar-refractivity contribution is 6.08. The van der Waals surface area contributed by atoms with E-state index in [0.717, 1.165) is 23.7 Å². The summed E-state index contributed by atoms with van der Waals surface area (Å²) in [7, 11) is 0. The molecule has 0 aliphatic heterocycles. The molecule has 0 radical (unpaired) electrons.